The zero-order valence-corrected chi connectivity index (χ0v) is 12.9. The number of hydrogen-bond donors (Lipinski definition) is 0. The Morgan fingerprint density at radius 1 is 0.737 bits per heavy atom. The lowest BCUT2D eigenvalue weighted by Gasteiger charge is -2.26. The Balaban J connectivity index is 4.42. The molecular formula is C11H24O7Si. The number of ether oxygens (including phenoxy) is 3. The van der Waals surface area contributed by atoms with E-state index in [0.29, 0.717) is 39.6 Å². The van der Waals surface area contributed by atoms with Crippen LogP contribution < -0.4 is 0 Å². The molecule has 7 nitrogen and oxygen atoms in total. The largest absolute Gasteiger partial charge is 0.749 e. The van der Waals surface area contributed by atoms with Crippen LogP contribution in [0.5, 0.6) is 0 Å². The highest BCUT2D eigenvalue weighted by Gasteiger charge is 2.47. The molecule has 0 aliphatic rings. The number of rotatable bonds is 14. The van der Waals surface area contributed by atoms with Crippen LogP contribution in [0.25, 0.3) is 0 Å². The summed E-state index contributed by atoms with van der Waals surface area (Å²) >= 11 is 0. The van der Waals surface area contributed by atoms with Crippen molar-refractivity contribution in [2.24, 2.45) is 0 Å². The van der Waals surface area contributed by atoms with Gasteiger partial charge in [-0.25, -0.2) is 0 Å². The molecule has 0 saturated heterocycles. The van der Waals surface area contributed by atoms with Gasteiger partial charge in [0.1, 0.15) is 0 Å². The first-order valence-corrected chi connectivity index (χ1v) is 7.55. The molecule has 0 aromatic rings. The lowest BCUT2D eigenvalue weighted by Crippen LogP contribution is -2.49. The van der Waals surface area contributed by atoms with Crippen LogP contribution in [-0.4, -0.2) is 70.0 Å². The minimum atomic E-state index is -3.27. The molecule has 0 aromatic heterocycles. The van der Waals surface area contributed by atoms with E-state index in [2.05, 4.69) is 6.58 Å². The molecule has 0 aromatic carbocycles. The van der Waals surface area contributed by atoms with Gasteiger partial charge in [0.25, 0.3) is 0 Å². The number of methoxy groups -OCH3 is 3. The Bertz CT molecular complexity index is 189. The molecule has 0 aliphatic carbocycles. The maximum Gasteiger partial charge on any atom is 0.749 e. The SMILES string of the molecule is C=CO[Si](OCCOC)(OCCOC)OCCOC. The zero-order valence-electron chi connectivity index (χ0n) is 11.9. The molecule has 0 spiro atoms. The Hall–Kier alpha value is -0.483. The lowest BCUT2D eigenvalue weighted by atomic mass is 10.8. The van der Waals surface area contributed by atoms with Crippen molar-refractivity contribution in [3.8, 4) is 0 Å². The minimum Gasteiger partial charge on any atom is -0.487 e. The van der Waals surface area contributed by atoms with Crippen molar-refractivity contribution in [2.45, 2.75) is 0 Å². The van der Waals surface area contributed by atoms with E-state index >= 15 is 0 Å². The summed E-state index contributed by atoms with van der Waals surface area (Å²) in [5.74, 6) is 0. The molecule has 0 aliphatic heterocycles. The molecule has 0 amide bonds. The van der Waals surface area contributed by atoms with Gasteiger partial charge < -0.3 is 31.9 Å². The van der Waals surface area contributed by atoms with Gasteiger partial charge in [-0.2, -0.15) is 0 Å². The van der Waals surface area contributed by atoms with E-state index in [9.17, 15) is 0 Å². The van der Waals surface area contributed by atoms with Gasteiger partial charge in [0.05, 0.1) is 45.9 Å². The molecule has 0 N–H and O–H groups in total. The predicted molar refractivity (Wildman–Crippen MR) is 70.5 cm³/mol. The maximum absolute atomic E-state index is 5.57. The molecule has 0 unspecified atom stereocenters. The molecule has 0 bridgehead atoms. The quantitative estimate of drug-likeness (QED) is 0.264. The van der Waals surface area contributed by atoms with Gasteiger partial charge in [0, 0.05) is 21.3 Å². The van der Waals surface area contributed by atoms with Crippen LogP contribution in [0.4, 0.5) is 0 Å². The van der Waals surface area contributed by atoms with Crippen LogP contribution in [0.1, 0.15) is 0 Å². The molecule has 0 saturated carbocycles. The fraction of sp³-hybridized carbons (Fsp3) is 0.818. The highest BCUT2D eigenvalue weighted by Crippen LogP contribution is 2.12. The third-order valence-corrected chi connectivity index (χ3v) is 4.05. The van der Waals surface area contributed by atoms with Gasteiger partial charge in [-0.1, -0.05) is 6.58 Å². The second kappa shape index (κ2) is 12.5. The average molecular weight is 296 g/mol. The lowest BCUT2D eigenvalue weighted by molar-refractivity contribution is -0.0385. The van der Waals surface area contributed by atoms with Gasteiger partial charge in [-0.15, -0.1) is 0 Å². The van der Waals surface area contributed by atoms with Crippen LogP contribution in [0, 0.1) is 0 Å². The summed E-state index contributed by atoms with van der Waals surface area (Å²) in [5.41, 5.74) is 0. The van der Waals surface area contributed by atoms with E-state index in [-0.39, 0.29) is 0 Å². The van der Waals surface area contributed by atoms with Gasteiger partial charge in [-0.05, 0) is 0 Å². The van der Waals surface area contributed by atoms with E-state index < -0.39 is 9.05 Å². The summed E-state index contributed by atoms with van der Waals surface area (Å²) in [6, 6.07) is 0. The van der Waals surface area contributed by atoms with Crippen molar-refractivity contribution in [3.63, 3.8) is 0 Å². The van der Waals surface area contributed by atoms with Crippen LogP contribution in [0.3, 0.4) is 0 Å². The maximum atomic E-state index is 5.57. The summed E-state index contributed by atoms with van der Waals surface area (Å²) in [4.78, 5) is 0. The summed E-state index contributed by atoms with van der Waals surface area (Å²) in [7, 11) is 1.48. The Labute approximate surface area is 115 Å². The normalized spacial score (nSPS) is 11.5. The third-order valence-electron chi connectivity index (χ3n) is 1.93. The monoisotopic (exact) mass is 296 g/mol. The van der Waals surface area contributed by atoms with Gasteiger partial charge in [-0.3, -0.25) is 0 Å². The van der Waals surface area contributed by atoms with E-state index in [4.69, 9.17) is 31.9 Å². The standard InChI is InChI=1S/C11H24O7Si/c1-5-15-19(16-9-6-12-2,17-10-7-13-3)18-11-8-14-4/h5H,1,6-11H2,2-4H3. The minimum absolute atomic E-state index is 0.302. The first-order chi connectivity index (χ1) is 9.24. The first kappa shape index (κ1) is 18.5. The topological polar surface area (TPSA) is 64.6 Å². The molecule has 0 atom stereocenters. The highest BCUT2D eigenvalue weighted by atomic mass is 28.4. The highest BCUT2D eigenvalue weighted by molar-refractivity contribution is 6.53. The van der Waals surface area contributed by atoms with E-state index in [0.717, 1.165) is 0 Å². The van der Waals surface area contributed by atoms with Crippen molar-refractivity contribution in [2.75, 3.05) is 61.0 Å². The van der Waals surface area contributed by atoms with Gasteiger partial charge in [0.15, 0.2) is 0 Å². The van der Waals surface area contributed by atoms with E-state index in [1.165, 1.54) is 6.26 Å². The molecule has 19 heavy (non-hydrogen) atoms. The fourth-order valence-corrected chi connectivity index (χ4v) is 2.74. The zero-order chi connectivity index (χ0) is 14.4. The van der Waals surface area contributed by atoms with Crippen molar-refractivity contribution in [1.29, 1.82) is 0 Å². The van der Waals surface area contributed by atoms with Gasteiger partial charge >= 0.3 is 9.05 Å². The van der Waals surface area contributed by atoms with Crippen molar-refractivity contribution in [3.05, 3.63) is 12.8 Å². The molecule has 8 heteroatoms. The van der Waals surface area contributed by atoms with Crippen molar-refractivity contribution < 1.29 is 31.9 Å². The molecule has 0 heterocycles. The molecule has 114 valence electrons. The molecule has 0 radical (unpaired) electrons. The first-order valence-electron chi connectivity index (χ1n) is 5.92. The van der Waals surface area contributed by atoms with Crippen molar-refractivity contribution >= 4 is 9.05 Å². The van der Waals surface area contributed by atoms with E-state index in [1.54, 1.807) is 21.3 Å². The fourth-order valence-electron chi connectivity index (χ4n) is 1.08. The summed E-state index contributed by atoms with van der Waals surface area (Å²) in [6.45, 7) is 5.65. The average Bonchev–Trinajstić information content (AvgIpc) is 2.40. The van der Waals surface area contributed by atoms with E-state index in [1.807, 2.05) is 0 Å². The Morgan fingerprint density at radius 2 is 1.11 bits per heavy atom. The smallest absolute Gasteiger partial charge is 0.487 e. The summed E-state index contributed by atoms with van der Waals surface area (Å²) in [6.07, 6.45) is 1.25. The predicted octanol–water partition coefficient (Wildman–Crippen LogP) is 0.571. The summed E-state index contributed by atoms with van der Waals surface area (Å²) in [5, 5.41) is 0. The third kappa shape index (κ3) is 9.11. The number of hydrogen-bond acceptors (Lipinski definition) is 7. The van der Waals surface area contributed by atoms with Crippen LogP contribution in [0.2, 0.25) is 0 Å². The Kier molecular flexibility index (Phi) is 12.2. The molecular weight excluding hydrogens is 272 g/mol. The van der Waals surface area contributed by atoms with Gasteiger partial charge in [0.2, 0.25) is 0 Å². The van der Waals surface area contributed by atoms with Crippen molar-refractivity contribution in [1.82, 2.24) is 0 Å². The van der Waals surface area contributed by atoms with Crippen LogP contribution >= 0.6 is 0 Å². The Morgan fingerprint density at radius 3 is 1.37 bits per heavy atom. The van der Waals surface area contributed by atoms with Crippen LogP contribution in [-0.2, 0) is 31.9 Å². The molecule has 0 fully saturated rings. The molecule has 0 rings (SSSR count). The second-order valence-electron chi connectivity index (χ2n) is 3.31. The van der Waals surface area contributed by atoms with Crippen LogP contribution in [0.15, 0.2) is 12.8 Å². The summed E-state index contributed by atoms with van der Waals surface area (Å²) < 4.78 is 36.8. The second-order valence-corrected chi connectivity index (χ2v) is 5.41.